The zero-order valence-corrected chi connectivity index (χ0v) is 16.3. The van der Waals surface area contributed by atoms with Crippen molar-refractivity contribution in [3.8, 4) is 5.75 Å². The summed E-state index contributed by atoms with van der Waals surface area (Å²) >= 11 is 0. The van der Waals surface area contributed by atoms with E-state index in [4.69, 9.17) is 4.74 Å². The van der Waals surface area contributed by atoms with E-state index in [9.17, 15) is 9.59 Å². The van der Waals surface area contributed by atoms with Crippen molar-refractivity contribution >= 4 is 11.8 Å². The molecule has 1 aliphatic carbocycles. The third kappa shape index (κ3) is 5.48. The SMILES string of the molecule is CCC(=O)N(Cc1cccc(OC)c1)[C@H](CC)C(=O)NC1CCCCC1. The van der Waals surface area contributed by atoms with Crippen LogP contribution < -0.4 is 10.1 Å². The molecule has 5 heteroatoms. The third-order valence-corrected chi connectivity index (χ3v) is 5.13. The first-order chi connectivity index (χ1) is 12.6. The minimum Gasteiger partial charge on any atom is -0.497 e. The second kappa shape index (κ2) is 10.2. The number of methoxy groups -OCH3 is 1. The first-order valence-electron chi connectivity index (χ1n) is 9.81. The van der Waals surface area contributed by atoms with Crippen LogP contribution in [0.5, 0.6) is 5.75 Å². The second-order valence-electron chi connectivity index (χ2n) is 6.99. The van der Waals surface area contributed by atoms with E-state index in [1.165, 1.54) is 19.3 Å². The lowest BCUT2D eigenvalue weighted by molar-refractivity contribution is -0.141. The number of rotatable bonds is 8. The molecule has 1 aliphatic rings. The normalized spacial score (nSPS) is 16.0. The molecule has 1 fully saturated rings. The fourth-order valence-electron chi connectivity index (χ4n) is 3.63. The van der Waals surface area contributed by atoms with Gasteiger partial charge in [-0.25, -0.2) is 0 Å². The molecule has 2 amide bonds. The highest BCUT2D eigenvalue weighted by molar-refractivity contribution is 5.87. The van der Waals surface area contributed by atoms with Gasteiger partial charge in [-0.1, -0.05) is 45.2 Å². The van der Waals surface area contributed by atoms with E-state index >= 15 is 0 Å². The highest BCUT2D eigenvalue weighted by Gasteiger charge is 2.29. The molecule has 1 N–H and O–H groups in total. The van der Waals surface area contributed by atoms with E-state index in [2.05, 4.69) is 5.32 Å². The summed E-state index contributed by atoms with van der Waals surface area (Å²) in [6.45, 7) is 4.22. The predicted molar refractivity (Wildman–Crippen MR) is 103 cm³/mol. The number of amides is 2. The molecule has 0 aliphatic heterocycles. The number of carbonyl (C=O) groups excluding carboxylic acids is 2. The Kier molecular flexibility index (Phi) is 7.95. The lowest BCUT2D eigenvalue weighted by Gasteiger charge is -2.32. The summed E-state index contributed by atoms with van der Waals surface area (Å²) in [4.78, 5) is 27.2. The van der Waals surface area contributed by atoms with Gasteiger partial charge >= 0.3 is 0 Å². The molecule has 5 nitrogen and oxygen atoms in total. The fourth-order valence-corrected chi connectivity index (χ4v) is 3.63. The van der Waals surface area contributed by atoms with Gasteiger partial charge in [-0.15, -0.1) is 0 Å². The van der Waals surface area contributed by atoms with Gasteiger partial charge < -0.3 is 15.0 Å². The van der Waals surface area contributed by atoms with Gasteiger partial charge in [0, 0.05) is 19.0 Å². The lowest BCUT2D eigenvalue weighted by Crippen LogP contribution is -2.51. The maximum absolute atomic E-state index is 12.9. The summed E-state index contributed by atoms with van der Waals surface area (Å²) in [5.74, 6) is 0.730. The van der Waals surface area contributed by atoms with Crippen molar-refractivity contribution < 1.29 is 14.3 Å². The second-order valence-corrected chi connectivity index (χ2v) is 6.99. The Morgan fingerprint density at radius 1 is 1.23 bits per heavy atom. The number of nitrogens with zero attached hydrogens (tertiary/aromatic N) is 1. The van der Waals surface area contributed by atoms with Gasteiger partial charge in [0.05, 0.1) is 7.11 Å². The Balaban J connectivity index is 2.13. The van der Waals surface area contributed by atoms with E-state index in [1.807, 2.05) is 38.1 Å². The smallest absolute Gasteiger partial charge is 0.243 e. The highest BCUT2D eigenvalue weighted by Crippen LogP contribution is 2.20. The topological polar surface area (TPSA) is 58.6 Å². The van der Waals surface area contributed by atoms with Crippen molar-refractivity contribution in [2.75, 3.05) is 7.11 Å². The number of hydrogen-bond acceptors (Lipinski definition) is 3. The summed E-state index contributed by atoms with van der Waals surface area (Å²) < 4.78 is 5.28. The number of nitrogens with one attached hydrogen (secondary N) is 1. The molecule has 1 aromatic rings. The maximum Gasteiger partial charge on any atom is 0.243 e. The molecule has 0 heterocycles. The Morgan fingerprint density at radius 3 is 2.58 bits per heavy atom. The molecule has 0 unspecified atom stereocenters. The highest BCUT2D eigenvalue weighted by atomic mass is 16.5. The summed E-state index contributed by atoms with van der Waals surface area (Å²) in [6.07, 6.45) is 6.66. The van der Waals surface area contributed by atoms with Crippen molar-refractivity contribution in [3.63, 3.8) is 0 Å². The van der Waals surface area contributed by atoms with Crippen LogP contribution >= 0.6 is 0 Å². The molecule has 144 valence electrons. The number of ether oxygens (including phenoxy) is 1. The quantitative estimate of drug-likeness (QED) is 0.770. The molecule has 0 bridgehead atoms. The molecular formula is C21H32N2O3. The zero-order valence-electron chi connectivity index (χ0n) is 16.3. The number of benzene rings is 1. The lowest BCUT2D eigenvalue weighted by atomic mass is 9.95. The summed E-state index contributed by atoms with van der Waals surface area (Å²) in [5.41, 5.74) is 0.968. The van der Waals surface area contributed by atoms with Gasteiger partial charge in [-0.05, 0) is 37.0 Å². The molecule has 1 aromatic carbocycles. The largest absolute Gasteiger partial charge is 0.497 e. The van der Waals surface area contributed by atoms with Gasteiger partial charge in [0.15, 0.2) is 0 Å². The van der Waals surface area contributed by atoms with E-state index < -0.39 is 6.04 Å². The fraction of sp³-hybridized carbons (Fsp3) is 0.619. The minimum absolute atomic E-state index is 0.00142. The van der Waals surface area contributed by atoms with Crippen molar-refractivity contribution in [2.45, 2.75) is 77.4 Å². The Labute approximate surface area is 157 Å². The van der Waals surface area contributed by atoms with Crippen LogP contribution in [0.4, 0.5) is 0 Å². The molecule has 0 spiro atoms. The molecule has 0 radical (unpaired) electrons. The average molecular weight is 360 g/mol. The molecular weight excluding hydrogens is 328 g/mol. The summed E-state index contributed by atoms with van der Waals surface area (Å²) in [5, 5.41) is 3.18. The number of carbonyl (C=O) groups is 2. The summed E-state index contributed by atoms with van der Waals surface area (Å²) in [6, 6.07) is 7.48. The predicted octanol–water partition coefficient (Wildman–Crippen LogP) is 3.66. The van der Waals surface area contributed by atoms with Gasteiger partial charge in [-0.3, -0.25) is 9.59 Å². The van der Waals surface area contributed by atoms with Gasteiger partial charge in [0.2, 0.25) is 11.8 Å². The van der Waals surface area contributed by atoms with Crippen LogP contribution in [0.3, 0.4) is 0 Å². The molecule has 1 saturated carbocycles. The first-order valence-corrected chi connectivity index (χ1v) is 9.81. The molecule has 0 saturated heterocycles. The van der Waals surface area contributed by atoms with Crippen molar-refractivity contribution in [1.29, 1.82) is 0 Å². The van der Waals surface area contributed by atoms with Crippen molar-refractivity contribution in [3.05, 3.63) is 29.8 Å². The average Bonchev–Trinajstić information content (AvgIpc) is 2.68. The van der Waals surface area contributed by atoms with Crippen LogP contribution in [-0.2, 0) is 16.1 Å². The maximum atomic E-state index is 12.9. The zero-order chi connectivity index (χ0) is 18.9. The van der Waals surface area contributed by atoms with Crippen LogP contribution in [-0.4, -0.2) is 35.9 Å². The van der Waals surface area contributed by atoms with Gasteiger partial charge in [-0.2, -0.15) is 0 Å². The van der Waals surface area contributed by atoms with Crippen LogP contribution in [0.2, 0.25) is 0 Å². The monoisotopic (exact) mass is 360 g/mol. The molecule has 0 aromatic heterocycles. The Hall–Kier alpha value is -2.04. The molecule has 1 atom stereocenters. The van der Waals surface area contributed by atoms with Crippen LogP contribution in [0.15, 0.2) is 24.3 Å². The first kappa shape index (κ1) is 20.3. The molecule has 26 heavy (non-hydrogen) atoms. The van der Waals surface area contributed by atoms with Gasteiger partial charge in [0.25, 0.3) is 0 Å². The summed E-state index contributed by atoms with van der Waals surface area (Å²) in [7, 11) is 1.63. The van der Waals surface area contributed by atoms with Crippen molar-refractivity contribution in [1.82, 2.24) is 10.2 Å². The molecule has 2 rings (SSSR count). The van der Waals surface area contributed by atoms with Crippen LogP contribution in [0.25, 0.3) is 0 Å². The Bertz CT molecular complexity index is 597. The van der Waals surface area contributed by atoms with E-state index in [1.54, 1.807) is 12.0 Å². The van der Waals surface area contributed by atoms with E-state index in [0.29, 0.717) is 19.4 Å². The standard InChI is InChI=1S/C21H32N2O3/c1-4-19(21(25)22-17-11-7-6-8-12-17)23(20(24)5-2)15-16-10-9-13-18(14-16)26-3/h9-10,13-14,17,19H,4-8,11-12,15H2,1-3H3,(H,22,25)/t19-/m1/s1. The van der Waals surface area contributed by atoms with Crippen LogP contribution in [0.1, 0.15) is 64.4 Å². The number of hydrogen-bond donors (Lipinski definition) is 1. The van der Waals surface area contributed by atoms with Crippen LogP contribution in [0, 0.1) is 0 Å². The Morgan fingerprint density at radius 2 is 1.96 bits per heavy atom. The van der Waals surface area contributed by atoms with Gasteiger partial charge in [0.1, 0.15) is 11.8 Å². The van der Waals surface area contributed by atoms with E-state index in [-0.39, 0.29) is 17.9 Å². The minimum atomic E-state index is -0.435. The van der Waals surface area contributed by atoms with Crippen molar-refractivity contribution in [2.24, 2.45) is 0 Å². The van der Waals surface area contributed by atoms with E-state index in [0.717, 1.165) is 24.2 Å². The third-order valence-electron chi connectivity index (χ3n) is 5.13.